The first-order valence-electron chi connectivity index (χ1n) is 9.41. The second-order valence-electron chi connectivity index (χ2n) is 6.66. The molecule has 1 amide bonds. The number of hydrogen-bond donors (Lipinski definition) is 1. The highest BCUT2D eigenvalue weighted by Gasteiger charge is 2.15. The molecule has 1 heterocycles. The zero-order chi connectivity index (χ0) is 19.2. The lowest BCUT2D eigenvalue weighted by atomic mass is 9.88. The molecular weight excluding hydrogens is 346 g/mol. The first-order chi connectivity index (χ1) is 13.8. The van der Waals surface area contributed by atoms with E-state index in [1.54, 1.807) is 0 Å². The maximum Gasteiger partial charge on any atom is 0.271 e. The van der Waals surface area contributed by atoms with Crippen molar-refractivity contribution < 1.29 is 4.79 Å². The molecule has 28 heavy (non-hydrogen) atoms. The summed E-state index contributed by atoms with van der Waals surface area (Å²) in [5, 5.41) is 2.99. The third-order valence-electron chi connectivity index (χ3n) is 4.80. The van der Waals surface area contributed by atoms with Crippen molar-refractivity contribution in [3.63, 3.8) is 0 Å². The smallest absolute Gasteiger partial charge is 0.271 e. The zero-order valence-electron chi connectivity index (χ0n) is 15.5. The van der Waals surface area contributed by atoms with Crippen LogP contribution in [0.15, 0.2) is 91.1 Å². The molecule has 0 radical (unpaired) electrons. The van der Waals surface area contributed by atoms with Gasteiger partial charge >= 0.3 is 0 Å². The normalized spacial score (nSPS) is 10.9. The Hall–Kier alpha value is -3.53. The monoisotopic (exact) mass is 367 g/mol. The minimum Gasteiger partial charge on any atom is -0.351 e. The van der Waals surface area contributed by atoms with Crippen molar-refractivity contribution >= 4 is 16.9 Å². The minimum atomic E-state index is -0.196. The molecule has 1 aromatic heterocycles. The first kappa shape index (κ1) is 17.9. The Kier molecular flexibility index (Phi) is 5.38. The summed E-state index contributed by atoms with van der Waals surface area (Å²) in [6.45, 7) is 0.557. The molecular formula is C24H21N3O. The van der Waals surface area contributed by atoms with E-state index in [1.807, 2.05) is 36.4 Å². The maximum absolute atomic E-state index is 12.5. The molecule has 0 saturated heterocycles. The van der Waals surface area contributed by atoms with Crippen LogP contribution >= 0.6 is 0 Å². The minimum absolute atomic E-state index is 0.196. The van der Waals surface area contributed by atoms with Crippen LogP contribution in [0.4, 0.5) is 0 Å². The van der Waals surface area contributed by atoms with Gasteiger partial charge in [0.25, 0.3) is 5.91 Å². The molecule has 4 nitrogen and oxygen atoms in total. The Bertz CT molecular complexity index is 1030. The molecule has 0 bridgehead atoms. The summed E-state index contributed by atoms with van der Waals surface area (Å²) in [6.07, 6.45) is 2.34. The molecule has 0 aliphatic rings. The highest BCUT2D eigenvalue weighted by Crippen LogP contribution is 2.27. The van der Waals surface area contributed by atoms with Crippen LogP contribution < -0.4 is 5.32 Å². The molecule has 4 heteroatoms. The summed E-state index contributed by atoms with van der Waals surface area (Å²) in [4.78, 5) is 21.3. The summed E-state index contributed by atoms with van der Waals surface area (Å²) < 4.78 is 0. The number of fused-ring (bicyclic) bond motifs is 1. The molecule has 0 unspecified atom stereocenters. The van der Waals surface area contributed by atoms with Crippen molar-refractivity contribution in [1.82, 2.24) is 15.3 Å². The second-order valence-corrected chi connectivity index (χ2v) is 6.66. The molecule has 3 aromatic carbocycles. The molecule has 0 saturated carbocycles. The SMILES string of the molecule is O=C(NCCC(c1ccccc1)c1ccccc1)c1cnc2ccccc2n1. The van der Waals surface area contributed by atoms with Crippen LogP contribution in [0.3, 0.4) is 0 Å². The largest absolute Gasteiger partial charge is 0.351 e. The van der Waals surface area contributed by atoms with Gasteiger partial charge in [0.05, 0.1) is 17.2 Å². The highest BCUT2D eigenvalue weighted by molar-refractivity contribution is 5.93. The van der Waals surface area contributed by atoms with Gasteiger partial charge in [0.15, 0.2) is 0 Å². The fraction of sp³-hybridized carbons (Fsp3) is 0.125. The summed E-state index contributed by atoms with van der Waals surface area (Å²) in [7, 11) is 0. The molecule has 0 aliphatic carbocycles. The van der Waals surface area contributed by atoms with E-state index in [2.05, 4.69) is 63.8 Å². The van der Waals surface area contributed by atoms with Crippen molar-refractivity contribution in [2.24, 2.45) is 0 Å². The zero-order valence-corrected chi connectivity index (χ0v) is 15.5. The molecule has 0 spiro atoms. The van der Waals surface area contributed by atoms with Gasteiger partial charge in [-0.25, -0.2) is 4.98 Å². The first-order valence-corrected chi connectivity index (χ1v) is 9.41. The van der Waals surface area contributed by atoms with Gasteiger partial charge in [-0.2, -0.15) is 0 Å². The van der Waals surface area contributed by atoms with Crippen LogP contribution in [0.1, 0.15) is 34.0 Å². The Labute approximate surface area is 164 Å². The van der Waals surface area contributed by atoms with Crippen LogP contribution in [-0.2, 0) is 0 Å². The third kappa shape index (κ3) is 4.07. The number of para-hydroxylation sites is 2. The Morgan fingerprint density at radius 1 is 0.786 bits per heavy atom. The topological polar surface area (TPSA) is 54.9 Å². The summed E-state index contributed by atoms with van der Waals surface area (Å²) in [5.74, 6) is 0.0310. The van der Waals surface area contributed by atoms with Crippen molar-refractivity contribution in [2.75, 3.05) is 6.54 Å². The number of nitrogens with zero attached hydrogens (tertiary/aromatic N) is 2. The number of hydrogen-bond acceptors (Lipinski definition) is 3. The average molecular weight is 367 g/mol. The van der Waals surface area contributed by atoms with Gasteiger partial charge in [0, 0.05) is 12.5 Å². The molecule has 4 rings (SSSR count). The lowest BCUT2D eigenvalue weighted by molar-refractivity contribution is 0.0948. The lowest BCUT2D eigenvalue weighted by Gasteiger charge is -2.18. The number of benzene rings is 3. The predicted octanol–water partition coefficient (Wildman–Crippen LogP) is 4.58. The summed E-state index contributed by atoms with van der Waals surface area (Å²) in [5.41, 5.74) is 4.34. The quantitative estimate of drug-likeness (QED) is 0.543. The number of amides is 1. The molecule has 0 atom stereocenters. The summed E-state index contributed by atoms with van der Waals surface area (Å²) >= 11 is 0. The Balaban J connectivity index is 1.46. The van der Waals surface area contributed by atoms with Gasteiger partial charge in [-0.05, 0) is 29.7 Å². The fourth-order valence-corrected chi connectivity index (χ4v) is 3.38. The molecule has 0 aliphatic heterocycles. The molecule has 138 valence electrons. The average Bonchev–Trinajstić information content (AvgIpc) is 2.77. The van der Waals surface area contributed by atoms with Crippen LogP contribution in [0, 0.1) is 0 Å². The summed E-state index contributed by atoms with van der Waals surface area (Å²) in [6, 6.07) is 28.3. The molecule has 1 N–H and O–H groups in total. The highest BCUT2D eigenvalue weighted by atomic mass is 16.1. The maximum atomic E-state index is 12.5. The van der Waals surface area contributed by atoms with E-state index in [-0.39, 0.29) is 11.8 Å². The van der Waals surface area contributed by atoms with Crippen molar-refractivity contribution in [3.05, 3.63) is 108 Å². The van der Waals surface area contributed by atoms with Crippen molar-refractivity contribution in [1.29, 1.82) is 0 Å². The van der Waals surface area contributed by atoms with Gasteiger partial charge in [-0.15, -0.1) is 0 Å². The van der Waals surface area contributed by atoms with E-state index < -0.39 is 0 Å². The Morgan fingerprint density at radius 2 is 1.36 bits per heavy atom. The van der Waals surface area contributed by atoms with Crippen molar-refractivity contribution in [3.8, 4) is 0 Å². The van der Waals surface area contributed by atoms with E-state index >= 15 is 0 Å². The van der Waals surface area contributed by atoms with E-state index in [4.69, 9.17) is 0 Å². The third-order valence-corrected chi connectivity index (χ3v) is 4.80. The number of carbonyl (C=O) groups is 1. The van der Waals surface area contributed by atoms with Crippen LogP contribution in [-0.4, -0.2) is 22.4 Å². The van der Waals surface area contributed by atoms with E-state index in [1.165, 1.54) is 17.3 Å². The number of carbonyl (C=O) groups excluding carboxylic acids is 1. The fourth-order valence-electron chi connectivity index (χ4n) is 3.38. The molecule has 0 fully saturated rings. The van der Waals surface area contributed by atoms with Gasteiger partial charge in [-0.1, -0.05) is 72.8 Å². The number of aromatic nitrogens is 2. The number of rotatable bonds is 6. The van der Waals surface area contributed by atoms with Gasteiger partial charge in [0.1, 0.15) is 5.69 Å². The number of nitrogens with one attached hydrogen (secondary N) is 1. The van der Waals surface area contributed by atoms with Gasteiger partial charge in [0.2, 0.25) is 0 Å². The predicted molar refractivity (Wildman–Crippen MR) is 111 cm³/mol. The van der Waals surface area contributed by atoms with Crippen LogP contribution in [0.5, 0.6) is 0 Å². The van der Waals surface area contributed by atoms with E-state index in [9.17, 15) is 4.79 Å². The second kappa shape index (κ2) is 8.44. The van der Waals surface area contributed by atoms with Crippen LogP contribution in [0.2, 0.25) is 0 Å². The van der Waals surface area contributed by atoms with E-state index in [0.717, 1.165) is 17.5 Å². The molecule has 4 aromatic rings. The van der Waals surface area contributed by atoms with Gasteiger partial charge in [-0.3, -0.25) is 9.78 Å². The standard InChI is InChI=1S/C24H21N3O/c28-24(23-17-26-21-13-7-8-14-22(21)27-23)25-16-15-20(18-9-3-1-4-10-18)19-11-5-2-6-12-19/h1-14,17,20H,15-16H2,(H,25,28). The van der Waals surface area contributed by atoms with Gasteiger partial charge < -0.3 is 5.32 Å². The van der Waals surface area contributed by atoms with E-state index in [0.29, 0.717) is 12.2 Å². The van der Waals surface area contributed by atoms with Crippen molar-refractivity contribution in [2.45, 2.75) is 12.3 Å². The Morgan fingerprint density at radius 3 is 2.00 bits per heavy atom. The lowest BCUT2D eigenvalue weighted by Crippen LogP contribution is -2.26. The van der Waals surface area contributed by atoms with Crippen LogP contribution in [0.25, 0.3) is 11.0 Å².